The number of carbonyl (C=O) groups excluding carboxylic acids is 1. The van der Waals surface area contributed by atoms with E-state index in [2.05, 4.69) is 35.4 Å². The van der Waals surface area contributed by atoms with Crippen LogP contribution in [0.5, 0.6) is 0 Å². The lowest BCUT2D eigenvalue weighted by Crippen LogP contribution is -2.44. The van der Waals surface area contributed by atoms with E-state index in [-0.39, 0.29) is 12.0 Å². The van der Waals surface area contributed by atoms with Crippen molar-refractivity contribution >= 4 is 17.7 Å². The van der Waals surface area contributed by atoms with E-state index in [0.717, 1.165) is 51.5 Å². The zero-order valence-corrected chi connectivity index (χ0v) is 15.3. The second kappa shape index (κ2) is 8.88. The first-order valence-corrected chi connectivity index (χ1v) is 10.3. The van der Waals surface area contributed by atoms with E-state index < -0.39 is 0 Å². The smallest absolute Gasteiger partial charge is 0.225 e. The van der Waals surface area contributed by atoms with Crippen molar-refractivity contribution < 1.29 is 9.53 Å². The van der Waals surface area contributed by atoms with Crippen molar-refractivity contribution in [3.8, 4) is 0 Å². The lowest BCUT2D eigenvalue weighted by atomic mass is 10.1. The van der Waals surface area contributed by atoms with Gasteiger partial charge in [-0.05, 0) is 29.9 Å². The minimum atomic E-state index is 0.0366. The largest absolute Gasteiger partial charge is 0.375 e. The molecule has 3 rings (SSSR count). The van der Waals surface area contributed by atoms with Crippen LogP contribution < -0.4 is 0 Å². The molecule has 4 nitrogen and oxygen atoms in total. The van der Waals surface area contributed by atoms with E-state index in [1.54, 1.807) is 0 Å². The Morgan fingerprint density at radius 2 is 2.08 bits per heavy atom. The Kier molecular flexibility index (Phi) is 6.58. The Morgan fingerprint density at radius 1 is 1.25 bits per heavy atom. The number of hydrogen-bond acceptors (Lipinski definition) is 4. The summed E-state index contributed by atoms with van der Waals surface area (Å²) in [5.41, 5.74) is 1.32. The van der Waals surface area contributed by atoms with Crippen LogP contribution in [0.2, 0.25) is 0 Å². The summed E-state index contributed by atoms with van der Waals surface area (Å²) in [5, 5.41) is 0. The highest BCUT2D eigenvalue weighted by molar-refractivity contribution is 7.98. The van der Waals surface area contributed by atoms with Gasteiger partial charge in [-0.1, -0.05) is 30.3 Å². The monoisotopic (exact) mass is 348 g/mol. The first-order valence-electron chi connectivity index (χ1n) is 8.89. The molecule has 1 aromatic carbocycles. The molecule has 0 aromatic heterocycles. The third kappa shape index (κ3) is 4.98. The van der Waals surface area contributed by atoms with Crippen molar-refractivity contribution in [3.63, 3.8) is 0 Å². The summed E-state index contributed by atoms with van der Waals surface area (Å²) < 4.78 is 5.86. The van der Waals surface area contributed by atoms with E-state index in [1.807, 2.05) is 22.7 Å². The van der Waals surface area contributed by atoms with E-state index >= 15 is 0 Å². The Bertz CT molecular complexity index is 525. The second-order valence-electron chi connectivity index (χ2n) is 6.87. The first-order chi connectivity index (χ1) is 11.7. The molecule has 0 unspecified atom stereocenters. The highest BCUT2D eigenvalue weighted by atomic mass is 32.2. The molecule has 1 amide bonds. The number of rotatable bonds is 6. The van der Waals surface area contributed by atoms with Crippen LogP contribution >= 0.6 is 11.8 Å². The summed E-state index contributed by atoms with van der Waals surface area (Å²) in [4.78, 5) is 17.0. The van der Waals surface area contributed by atoms with Crippen LogP contribution in [0.3, 0.4) is 0 Å². The number of likely N-dealkylation sites (tertiary alicyclic amines) is 1. The number of ether oxygens (including phenoxy) is 1. The molecule has 2 atom stereocenters. The molecule has 2 aliphatic rings. The van der Waals surface area contributed by atoms with Crippen molar-refractivity contribution in [1.29, 1.82) is 0 Å². The average molecular weight is 349 g/mol. The van der Waals surface area contributed by atoms with Gasteiger partial charge in [-0.2, -0.15) is 11.8 Å². The van der Waals surface area contributed by atoms with Crippen LogP contribution in [-0.2, 0) is 16.1 Å². The average Bonchev–Trinajstić information content (AvgIpc) is 3.05. The Morgan fingerprint density at radius 3 is 2.88 bits per heavy atom. The van der Waals surface area contributed by atoms with Crippen LogP contribution in [0.4, 0.5) is 0 Å². The molecule has 1 aromatic rings. The van der Waals surface area contributed by atoms with Crippen LogP contribution in [0.15, 0.2) is 30.3 Å². The normalized spacial score (nSPS) is 25.1. The molecular weight excluding hydrogens is 320 g/mol. The predicted molar refractivity (Wildman–Crippen MR) is 99.1 cm³/mol. The number of hydrogen-bond donors (Lipinski definition) is 0. The molecule has 2 saturated heterocycles. The summed E-state index contributed by atoms with van der Waals surface area (Å²) in [6.07, 6.45) is 3.85. The summed E-state index contributed by atoms with van der Waals surface area (Å²) in [5.74, 6) is 2.10. The zero-order valence-electron chi connectivity index (χ0n) is 14.5. The molecule has 132 valence electrons. The molecule has 2 aliphatic heterocycles. The van der Waals surface area contributed by atoms with Gasteiger partial charge in [0.2, 0.25) is 5.91 Å². The Hall–Kier alpha value is -1.04. The first kappa shape index (κ1) is 17.8. The van der Waals surface area contributed by atoms with E-state index in [1.165, 1.54) is 5.56 Å². The highest BCUT2D eigenvalue weighted by Crippen LogP contribution is 2.21. The quantitative estimate of drug-likeness (QED) is 0.791. The van der Waals surface area contributed by atoms with Gasteiger partial charge in [0.25, 0.3) is 0 Å². The van der Waals surface area contributed by atoms with Gasteiger partial charge in [0.05, 0.1) is 19.1 Å². The van der Waals surface area contributed by atoms with E-state index in [0.29, 0.717) is 12.3 Å². The fourth-order valence-corrected chi connectivity index (χ4v) is 4.39. The minimum Gasteiger partial charge on any atom is -0.375 e. The fraction of sp³-hybridized carbons (Fsp3) is 0.632. The number of nitrogens with zero attached hydrogens (tertiary/aromatic N) is 2. The van der Waals surface area contributed by atoms with Gasteiger partial charge in [0.15, 0.2) is 0 Å². The molecule has 2 heterocycles. The second-order valence-corrected chi connectivity index (χ2v) is 7.78. The summed E-state index contributed by atoms with van der Waals surface area (Å²) in [6.45, 7) is 5.31. The molecule has 0 aliphatic carbocycles. The summed E-state index contributed by atoms with van der Waals surface area (Å²) >= 11 is 1.88. The molecular formula is C19H28N2O2S. The number of morpholine rings is 1. The van der Waals surface area contributed by atoms with Crippen molar-refractivity contribution in [3.05, 3.63) is 35.9 Å². The van der Waals surface area contributed by atoms with Gasteiger partial charge in [0.1, 0.15) is 0 Å². The number of amides is 1. The standard InChI is InChI=1S/C19H28N2O2S/c1-24-15-17-7-8-21(13-17)19(22)11-18-14-20(9-10-23-18)12-16-5-3-2-4-6-16/h2-6,17-18H,7-15H2,1H3/t17-,18+/m0/s1. The van der Waals surface area contributed by atoms with Gasteiger partial charge in [-0.25, -0.2) is 0 Å². The molecule has 0 saturated carbocycles. The summed E-state index contributed by atoms with van der Waals surface area (Å²) in [7, 11) is 0. The summed E-state index contributed by atoms with van der Waals surface area (Å²) in [6, 6.07) is 10.5. The maximum absolute atomic E-state index is 12.5. The molecule has 0 spiro atoms. The van der Waals surface area contributed by atoms with Gasteiger partial charge in [-0.3, -0.25) is 9.69 Å². The third-order valence-corrected chi connectivity index (χ3v) is 5.72. The number of carbonyl (C=O) groups is 1. The third-order valence-electron chi connectivity index (χ3n) is 4.92. The molecule has 0 N–H and O–H groups in total. The molecule has 2 fully saturated rings. The zero-order chi connectivity index (χ0) is 16.8. The lowest BCUT2D eigenvalue weighted by molar-refractivity contribution is -0.135. The maximum Gasteiger partial charge on any atom is 0.225 e. The molecule has 0 radical (unpaired) electrons. The van der Waals surface area contributed by atoms with Crippen LogP contribution in [0.25, 0.3) is 0 Å². The highest BCUT2D eigenvalue weighted by Gasteiger charge is 2.29. The van der Waals surface area contributed by atoms with E-state index in [9.17, 15) is 4.79 Å². The van der Waals surface area contributed by atoms with Gasteiger partial charge in [-0.15, -0.1) is 0 Å². The van der Waals surface area contributed by atoms with Crippen LogP contribution in [0.1, 0.15) is 18.4 Å². The lowest BCUT2D eigenvalue weighted by Gasteiger charge is -2.33. The molecule has 24 heavy (non-hydrogen) atoms. The SMILES string of the molecule is CSC[C@H]1CCN(C(=O)C[C@@H]2CN(Cc3ccccc3)CCO2)C1. The van der Waals surface area contributed by atoms with Crippen molar-refractivity contribution in [2.75, 3.05) is 44.8 Å². The van der Waals surface area contributed by atoms with Gasteiger partial charge in [0, 0.05) is 32.7 Å². The molecule has 5 heteroatoms. The maximum atomic E-state index is 12.5. The van der Waals surface area contributed by atoms with Crippen LogP contribution in [-0.4, -0.2) is 66.6 Å². The van der Waals surface area contributed by atoms with Gasteiger partial charge < -0.3 is 9.64 Å². The minimum absolute atomic E-state index is 0.0366. The Balaban J connectivity index is 1.46. The van der Waals surface area contributed by atoms with Crippen molar-refractivity contribution in [2.45, 2.75) is 25.5 Å². The fourth-order valence-electron chi connectivity index (χ4n) is 3.64. The van der Waals surface area contributed by atoms with Crippen LogP contribution in [0, 0.1) is 5.92 Å². The predicted octanol–water partition coefficient (Wildman–Crippen LogP) is 2.49. The Labute approximate surface area is 149 Å². The number of benzene rings is 1. The van der Waals surface area contributed by atoms with Crippen molar-refractivity contribution in [1.82, 2.24) is 9.80 Å². The van der Waals surface area contributed by atoms with Gasteiger partial charge >= 0.3 is 0 Å². The van der Waals surface area contributed by atoms with E-state index in [4.69, 9.17) is 4.74 Å². The topological polar surface area (TPSA) is 32.8 Å². The van der Waals surface area contributed by atoms with Crippen molar-refractivity contribution in [2.24, 2.45) is 5.92 Å². The number of thioether (sulfide) groups is 1. The molecule has 0 bridgehead atoms.